The summed E-state index contributed by atoms with van der Waals surface area (Å²) >= 11 is 0. The average molecular weight is 184 g/mol. The molecule has 1 N–H and O–H groups in total. The van der Waals surface area contributed by atoms with Crippen LogP contribution in [0.3, 0.4) is 0 Å². The average Bonchev–Trinajstić information content (AvgIpc) is 2.33. The lowest BCUT2D eigenvalue weighted by Gasteiger charge is -2.19. The van der Waals surface area contributed by atoms with E-state index in [1.807, 2.05) is 0 Å². The Labute approximate surface area is 82.7 Å². The Morgan fingerprint density at radius 1 is 1.31 bits per heavy atom. The molecule has 0 unspecified atom stereocenters. The summed E-state index contributed by atoms with van der Waals surface area (Å²) < 4.78 is 0. The van der Waals surface area contributed by atoms with Crippen LogP contribution in [0.2, 0.25) is 0 Å². The number of likely N-dealkylation sites (tertiary alicyclic amines) is 1. The molecule has 13 heavy (non-hydrogen) atoms. The van der Waals surface area contributed by atoms with E-state index in [1.54, 1.807) is 0 Å². The van der Waals surface area contributed by atoms with Gasteiger partial charge >= 0.3 is 0 Å². The van der Waals surface area contributed by atoms with Crippen LogP contribution in [0.15, 0.2) is 0 Å². The number of nitrogens with one attached hydrogen (secondary N) is 1. The minimum absolute atomic E-state index is 0.629. The molecule has 0 spiro atoms. The normalized spacial score (nSPS) is 24.9. The van der Waals surface area contributed by atoms with Crippen LogP contribution >= 0.6 is 0 Å². The van der Waals surface area contributed by atoms with Gasteiger partial charge in [-0.1, -0.05) is 27.7 Å². The highest BCUT2D eigenvalue weighted by Crippen LogP contribution is 2.11. The molecule has 0 aromatic rings. The molecule has 1 rings (SSSR count). The Balaban J connectivity index is 2.20. The molecule has 1 fully saturated rings. The summed E-state index contributed by atoms with van der Waals surface area (Å²) in [6, 6.07) is 1.36. The van der Waals surface area contributed by atoms with Gasteiger partial charge in [-0.15, -0.1) is 0 Å². The maximum absolute atomic E-state index is 3.60. The quantitative estimate of drug-likeness (QED) is 0.715. The van der Waals surface area contributed by atoms with E-state index in [4.69, 9.17) is 0 Å². The molecule has 2 nitrogen and oxygen atoms in total. The van der Waals surface area contributed by atoms with Crippen molar-refractivity contribution in [3.8, 4) is 0 Å². The lowest BCUT2D eigenvalue weighted by molar-refractivity contribution is 0.288. The van der Waals surface area contributed by atoms with E-state index in [9.17, 15) is 0 Å². The molecule has 1 heterocycles. The van der Waals surface area contributed by atoms with Gasteiger partial charge in [0.15, 0.2) is 0 Å². The van der Waals surface area contributed by atoms with E-state index in [2.05, 4.69) is 37.9 Å². The molecular formula is C11H24N2. The largest absolute Gasteiger partial charge is 0.310 e. The second-order valence-corrected chi connectivity index (χ2v) is 4.96. The third kappa shape index (κ3) is 4.10. The number of nitrogens with zero attached hydrogens (tertiary/aromatic N) is 1. The summed E-state index contributed by atoms with van der Waals surface area (Å²) in [4.78, 5) is 2.57. The monoisotopic (exact) mass is 184 g/mol. The fourth-order valence-corrected chi connectivity index (χ4v) is 2.12. The highest BCUT2D eigenvalue weighted by molar-refractivity contribution is 4.82. The summed E-state index contributed by atoms with van der Waals surface area (Å²) in [5, 5.41) is 3.60. The summed E-state index contributed by atoms with van der Waals surface area (Å²) in [5.41, 5.74) is 0. The molecule has 78 valence electrons. The van der Waals surface area contributed by atoms with Crippen LogP contribution in [-0.4, -0.2) is 36.6 Å². The van der Waals surface area contributed by atoms with Crippen LogP contribution in [-0.2, 0) is 0 Å². The van der Waals surface area contributed by atoms with Gasteiger partial charge in [0.05, 0.1) is 0 Å². The molecule has 0 aliphatic carbocycles. The van der Waals surface area contributed by atoms with E-state index in [0.29, 0.717) is 6.04 Å². The van der Waals surface area contributed by atoms with E-state index >= 15 is 0 Å². The Kier molecular flexibility index (Phi) is 4.20. The van der Waals surface area contributed by atoms with Crippen LogP contribution in [0, 0.1) is 5.92 Å². The maximum atomic E-state index is 3.60. The molecule has 0 amide bonds. The zero-order valence-electron chi connectivity index (χ0n) is 9.51. The Hall–Kier alpha value is -0.0800. The highest BCUT2D eigenvalue weighted by atomic mass is 15.2. The molecule has 0 radical (unpaired) electrons. The number of hydrogen-bond donors (Lipinski definition) is 1. The van der Waals surface area contributed by atoms with Gasteiger partial charge in [0.1, 0.15) is 0 Å². The van der Waals surface area contributed by atoms with Crippen LogP contribution in [0.5, 0.6) is 0 Å². The zero-order valence-corrected chi connectivity index (χ0v) is 9.51. The van der Waals surface area contributed by atoms with Crippen molar-refractivity contribution in [3.05, 3.63) is 0 Å². The minimum Gasteiger partial charge on any atom is -0.310 e. The Morgan fingerprint density at radius 3 is 2.54 bits per heavy atom. The topological polar surface area (TPSA) is 15.3 Å². The number of rotatable bonds is 4. The lowest BCUT2D eigenvalue weighted by Crippen LogP contribution is -2.37. The van der Waals surface area contributed by atoms with Crippen molar-refractivity contribution in [2.24, 2.45) is 5.92 Å². The molecule has 0 aromatic heterocycles. The van der Waals surface area contributed by atoms with Gasteiger partial charge in [-0.2, -0.15) is 0 Å². The fourth-order valence-electron chi connectivity index (χ4n) is 2.12. The van der Waals surface area contributed by atoms with E-state index in [1.165, 1.54) is 26.1 Å². The predicted molar refractivity (Wildman–Crippen MR) is 58.0 cm³/mol. The van der Waals surface area contributed by atoms with Gasteiger partial charge in [-0.05, 0) is 18.9 Å². The van der Waals surface area contributed by atoms with Gasteiger partial charge in [-0.25, -0.2) is 0 Å². The molecule has 0 bridgehead atoms. The van der Waals surface area contributed by atoms with Crippen molar-refractivity contribution in [1.82, 2.24) is 10.2 Å². The molecule has 0 saturated carbocycles. The molecule has 1 saturated heterocycles. The van der Waals surface area contributed by atoms with Gasteiger partial charge in [0.2, 0.25) is 0 Å². The zero-order chi connectivity index (χ0) is 9.84. The van der Waals surface area contributed by atoms with Crippen molar-refractivity contribution in [2.45, 2.75) is 46.2 Å². The van der Waals surface area contributed by atoms with Gasteiger partial charge in [-0.3, -0.25) is 0 Å². The lowest BCUT2D eigenvalue weighted by atomic mass is 10.2. The summed E-state index contributed by atoms with van der Waals surface area (Å²) in [7, 11) is 0. The summed E-state index contributed by atoms with van der Waals surface area (Å²) in [5.74, 6) is 0.804. The predicted octanol–water partition coefficient (Wildman–Crippen LogP) is 1.71. The standard InChI is InChI=1S/C11H24N2/c1-9(2)7-13-6-5-11(8-13)12-10(3)4/h9-12H,5-8H2,1-4H3/t11-/m1/s1. The third-order valence-electron chi connectivity index (χ3n) is 2.46. The van der Waals surface area contributed by atoms with Crippen molar-refractivity contribution >= 4 is 0 Å². The molecule has 0 aromatic carbocycles. The Morgan fingerprint density at radius 2 is 2.00 bits per heavy atom. The molecule has 1 aliphatic heterocycles. The third-order valence-corrected chi connectivity index (χ3v) is 2.46. The van der Waals surface area contributed by atoms with Gasteiger partial charge < -0.3 is 10.2 Å². The first-order valence-electron chi connectivity index (χ1n) is 5.56. The van der Waals surface area contributed by atoms with Gasteiger partial charge in [0, 0.05) is 25.2 Å². The van der Waals surface area contributed by atoms with Crippen molar-refractivity contribution < 1.29 is 0 Å². The first-order chi connectivity index (χ1) is 6.08. The van der Waals surface area contributed by atoms with Crippen molar-refractivity contribution in [3.63, 3.8) is 0 Å². The smallest absolute Gasteiger partial charge is 0.0209 e. The van der Waals surface area contributed by atoms with Crippen LogP contribution in [0.1, 0.15) is 34.1 Å². The highest BCUT2D eigenvalue weighted by Gasteiger charge is 2.22. The van der Waals surface area contributed by atoms with E-state index in [-0.39, 0.29) is 0 Å². The van der Waals surface area contributed by atoms with E-state index in [0.717, 1.165) is 12.0 Å². The SMILES string of the molecule is CC(C)CN1CC[C@@H](NC(C)C)C1. The second kappa shape index (κ2) is 4.97. The first kappa shape index (κ1) is 11.0. The van der Waals surface area contributed by atoms with Crippen LogP contribution in [0.4, 0.5) is 0 Å². The van der Waals surface area contributed by atoms with Gasteiger partial charge in [0.25, 0.3) is 0 Å². The van der Waals surface area contributed by atoms with Crippen LogP contribution < -0.4 is 5.32 Å². The molecule has 1 aliphatic rings. The molecule has 1 atom stereocenters. The molecule has 2 heteroatoms. The van der Waals surface area contributed by atoms with E-state index < -0.39 is 0 Å². The van der Waals surface area contributed by atoms with Crippen molar-refractivity contribution in [1.29, 1.82) is 0 Å². The van der Waals surface area contributed by atoms with Crippen molar-refractivity contribution in [2.75, 3.05) is 19.6 Å². The first-order valence-corrected chi connectivity index (χ1v) is 5.56. The summed E-state index contributed by atoms with van der Waals surface area (Å²) in [6.07, 6.45) is 1.32. The van der Waals surface area contributed by atoms with Crippen LogP contribution in [0.25, 0.3) is 0 Å². The maximum Gasteiger partial charge on any atom is 0.0209 e. The summed E-state index contributed by atoms with van der Waals surface area (Å²) in [6.45, 7) is 12.8. The minimum atomic E-state index is 0.629. The Bertz CT molecular complexity index is 127. The number of hydrogen-bond acceptors (Lipinski definition) is 2. The molecular weight excluding hydrogens is 160 g/mol. The fraction of sp³-hybridized carbons (Fsp3) is 1.00. The second-order valence-electron chi connectivity index (χ2n) is 4.96.